The minimum Gasteiger partial charge on any atom is -0.399 e. The van der Waals surface area contributed by atoms with Gasteiger partial charge in [-0.15, -0.1) is 0 Å². The van der Waals surface area contributed by atoms with E-state index in [9.17, 15) is 4.79 Å². The third-order valence-electron chi connectivity index (χ3n) is 3.02. The number of hydrogen-bond donors (Lipinski definition) is 1. The molecule has 100 valence electrons. The van der Waals surface area contributed by atoms with Crippen LogP contribution in [0.1, 0.15) is 45.6 Å². The molecule has 0 atom stereocenters. The van der Waals surface area contributed by atoms with E-state index in [0.29, 0.717) is 13.0 Å². The zero-order valence-electron chi connectivity index (χ0n) is 11.6. The van der Waals surface area contributed by atoms with E-state index in [4.69, 9.17) is 5.73 Å². The van der Waals surface area contributed by atoms with Gasteiger partial charge < -0.3 is 10.6 Å². The highest BCUT2D eigenvalue weighted by atomic mass is 16.2. The van der Waals surface area contributed by atoms with Crippen LogP contribution < -0.4 is 5.73 Å². The van der Waals surface area contributed by atoms with Crippen LogP contribution in [0.3, 0.4) is 0 Å². The van der Waals surface area contributed by atoms with Gasteiger partial charge >= 0.3 is 0 Å². The van der Waals surface area contributed by atoms with Crippen LogP contribution in [0.4, 0.5) is 5.69 Å². The predicted octanol–water partition coefficient (Wildman–Crippen LogP) is 3.20. The Hall–Kier alpha value is -1.51. The summed E-state index contributed by atoms with van der Waals surface area (Å²) < 4.78 is 0. The van der Waals surface area contributed by atoms with E-state index in [-0.39, 0.29) is 11.9 Å². The number of nitrogens with zero attached hydrogens (tertiary/aromatic N) is 1. The molecule has 0 saturated heterocycles. The van der Waals surface area contributed by atoms with Crippen LogP contribution in [-0.4, -0.2) is 16.8 Å². The van der Waals surface area contributed by atoms with Gasteiger partial charge in [-0.25, -0.2) is 0 Å². The average molecular weight is 248 g/mol. The number of rotatable bonds is 6. The Morgan fingerprint density at radius 2 is 1.89 bits per heavy atom. The van der Waals surface area contributed by atoms with Crippen molar-refractivity contribution in [3.63, 3.8) is 0 Å². The maximum Gasteiger partial charge on any atom is 0.223 e. The fourth-order valence-electron chi connectivity index (χ4n) is 1.85. The summed E-state index contributed by atoms with van der Waals surface area (Å²) in [5.74, 6) is 0.240. The summed E-state index contributed by atoms with van der Waals surface area (Å²) in [6.45, 7) is 6.88. The van der Waals surface area contributed by atoms with Gasteiger partial charge in [-0.05, 0) is 38.0 Å². The van der Waals surface area contributed by atoms with Crippen LogP contribution in [0.2, 0.25) is 0 Å². The van der Waals surface area contributed by atoms with E-state index in [1.54, 1.807) is 0 Å². The summed E-state index contributed by atoms with van der Waals surface area (Å²) in [7, 11) is 0. The Morgan fingerprint density at radius 1 is 1.28 bits per heavy atom. The molecule has 1 rings (SSSR count). The highest BCUT2D eigenvalue weighted by Gasteiger charge is 2.16. The maximum absolute atomic E-state index is 12.1. The monoisotopic (exact) mass is 248 g/mol. The van der Waals surface area contributed by atoms with Gasteiger partial charge in [0.15, 0.2) is 0 Å². The number of amides is 1. The van der Waals surface area contributed by atoms with E-state index in [1.807, 2.05) is 29.2 Å². The predicted molar refractivity (Wildman–Crippen MR) is 76.1 cm³/mol. The van der Waals surface area contributed by atoms with Crippen molar-refractivity contribution in [2.24, 2.45) is 0 Å². The molecule has 3 heteroatoms. The number of unbranched alkanes of at least 4 members (excludes halogenated alkanes) is 1. The molecule has 0 aliphatic carbocycles. The summed E-state index contributed by atoms with van der Waals surface area (Å²) in [6.07, 6.45) is 2.66. The molecule has 0 aliphatic rings. The highest BCUT2D eigenvalue weighted by Crippen LogP contribution is 2.13. The Kier molecular flexibility index (Phi) is 5.69. The van der Waals surface area contributed by atoms with Crippen molar-refractivity contribution in [1.82, 2.24) is 4.90 Å². The van der Waals surface area contributed by atoms with Crippen molar-refractivity contribution in [1.29, 1.82) is 0 Å². The molecule has 0 unspecified atom stereocenters. The molecule has 0 spiro atoms. The number of carbonyl (C=O) groups is 1. The third-order valence-corrected chi connectivity index (χ3v) is 3.02. The first-order valence-corrected chi connectivity index (χ1v) is 6.68. The van der Waals surface area contributed by atoms with E-state index in [0.717, 1.165) is 24.1 Å². The smallest absolute Gasteiger partial charge is 0.223 e. The lowest BCUT2D eigenvalue weighted by molar-refractivity contribution is -0.133. The summed E-state index contributed by atoms with van der Waals surface area (Å²) in [4.78, 5) is 14.0. The number of nitrogens with two attached hydrogens (primary N) is 1. The molecule has 0 radical (unpaired) electrons. The largest absolute Gasteiger partial charge is 0.399 e. The molecular weight excluding hydrogens is 224 g/mol. The van der Waals surface area contributed by atoms with Crippen LogP contribution in [0, 0.1) is 0 Å². The summed E-state index contributed by atoms with van der Waals surface area (Å²) in [5.41, 5.74) is 7.55. The minimum absolute atomic E-state index is 0.229. The lowest BCUT2D eigenvalue weighted by Gasteiger charge is -2.27. The molecule has 1 aromatic rings. The summed E-state index contributed by atoms with van der Waals surface area (Å²) in [5, 5.41) is 0. The zero-order chi connectivity index (χ0) is 13.5. The average Bonchev–Trinajstić information content (AvgIpc) is 2.34. The fraction of sp³-hybridized carbons (Fsp3) is 0.533. The van der Waals surface area contributed by atoms with Gasteiger partial charge in [-0.2, -0.15) is 0 Å². The number of nitrogen functional groups attached to an aromatic ring is 1. The van der Waals surface area contributed by atoms with Gasteiger partial charge in [-0.1, -0.05) is 25.5 Å². The topological polar surface area (TPSA) is 46.3 Å². The molecule has 1 aromatic carbocycles. The maximum atomic E-state index is 12.1. The molecule has 0 aromatic heterocycles. The molecule has 0 fully saturated rings. The van der Waals surface area contributed by atoms with Gasteiger partial charge in [0.2, 0.25) is 5.91 Å². The second-order valence-corrected chi connectivity index (χ2v) is 4.96. The van der Waals surface area contributed by atoms with Crippen LogP contribution in [-0.2, 0) is 11.3 Å². The first kappa shape index (κ1) is 14.6. The van der Waals surface area contributed by atoms with Gasteiger partial charge in [0.25, 0.3) is 0 Å². The highest BCUT2D eigenvalue weighted by molar-refractivity contribution is 5.76. The molecule has 1 amide bonds. The van der Waals surface area contributed by atoms with E-state index >= 15 is 0 Å². The number of carbonyl (C=O) groups excluding carboxylic acids is 1. The molecular formula is C15H24N2O. The lowest BCUT2D eigenvalue weighted by atomic mass is 10.1. The van der Waals surface area contributed by atoms with Crippen LogP contribution >= 0.6 is 0 Å². The number of hydrogen-bond acceptors (Lipinski definition) is 2. The van der Waals surface area contributed by atoms with E-state index in [1.165, 1.54) is 0 Å². The van der Waals surface area contributed by atoms with Crippen LogP contribution in [0.5, 0.6) is 0 Å². The first-order chi connectivity index (χ1) is 8.54. The first-order valence-electron chi connectivity index (χ1n) is 6.68. The van der Waals surface area contributed by atoms with Crippen molar-refractivity contribution in [2.45, 2.75) is 52.6 Å². The number of benzene rings is 1. The van der Waals surface area contributed by atoms with Crippen molar-refractivity contribution in [2.75, 3.05) is 5.73 Å². The van der Waals surface area contributed by atoms with Crippen molar-refractivity contribution in [3.05, 3.63) is 29.8 Å². The van der Waals surface area contributed by atoms with Gasteiger partial charge in [0, 0.05) is 24.7 Å². The van der Waals surface area contributed by atoms with E-state index < -0.39 is 0 Å². The second kappa shape index (κ2) is 7.04. The zero-order valence-corrected chi connectivity index (χ0v) is 11.6. The standard InChI is InChI=1S/C15H24N2O/c1-4-5-6-15(18)17(12(2)3)11-13-7-9-14(16)10-8-13/h7-10,12H,4-6,11,16H2,1-3H3. The molecule has 18 heavy (non-hydrogen) atoms. The molecule has 0 bridgehead atoms. The molecule has 0 saturated carbocycles. The SMILES string of the molecule is CCCCC(=O)N(Cc1ccc(N)cc1)C(C)C. The van der Waals surface area contributed by atoms with Crippen molar-refractivity contribution < 1.29 is 4.79 Å². The summed E-state index contributed by atoms with van der Waals surface area (Å²) >= 11 is 0. The molecule has 0 heterocycles. The Labute approximate surface area is 110 Å². The minimum atomic E-state index is 0.229. The fourth-order valence-corrected chi connectivity index (χ4v) is 1.85. The van der Waals surface area contributed by atoms with Gasteiger partial charge in [0.1, 0.15) is 0 Å². The van der Waals surface area contributed by atoms with Crippen LogP contribution in [0.15, 0.2) is 24.3 Å². The Bertz CT molecular complexity index is 371. The van der Waals surface area contributed by atoms with Gasteiger partial charge in [0.05, 0.1) is 0 Å². The molecule has 0 aliphatic heterocycles. The summed E-state index contributed by atoms with van der Waals surface area (Å²) in [6, 6.07) is 7.96. The third kappa shape index (κ3) is 4.40. The number of anilines is 1. The molecule has 3 nitrogen and oxygen atoms in total. The molecule has 2 N–H and O–H groups in total. The van der Waals surface area contributed by atoms with E-state index in [2.05, 4.69) is 20.8 Å². The van der Waals surface area contributed by atoms with Gasteiger partial charge in [-0.3, -0.25) is 4.79 Å². The van der Waals surface area contributed by atoms with Crippen molar-refractivity contribution >= 4 is 11.6 Å². The Morgan fingerprint density at radius 3 is 2.39 bits per heavy atom. The quantitative estimate of drug-likeness (QED) is 0.786. The van der Waals surface area contributed by atoms with Crippen molar-refractivity contribution in [3.8, 4) is 0 Å². The Balaban J connectivity index is 2.68. The second-order valence-electron chi connectivity index (χ2n) is 4.96. The normalized spacial score (nSPS) is 10.7. The lowest BCUT2D eigenvalue weighted by Crippen LogP contribution is -2.36. The van der Waals surface area contributed by atoms with Crippen LogP contribution in [0.25, 0.3) is 0 Å².